The summed E-state index contributed by atoms with van der Waals surface area (Å²) in [6, 6.07) is 15.2. The molecule has 19 heavy (non-hydrogen) atoms. The van der Waals surface area contributed by atoms with Crippen LogP contribution >= 0.6 is 38.9 Å². The second-order valence-electron chi connectivity index (χ2n) is 4.07. The zero-order valence-corrected chi connectivity index (χ0v) is 12.8. The Bertz CT molecular complexity index is 725. The Labute approximate surface area is 128 Å². The van der Waals surface area contributed by atoms with Gasteiger partial charge in [-0.05, 0) is 45.6 Å². The molecule has 94 valence electrons. The quantitative estimate of drug-likeness (QED) is 0.553. The Balaban J connectivity index is 2.13. The Morgan fingerprint density at radius 1 is 1.11 bits per heavy atom. The number of hydrogen-bond acceptors (Lipinski definition) is 2. The van der Waals surface area contributed by atoms with Gasteiger partial charge in [0.25, 0.3) is 0 Å². The highest BCUT2D eigenvalue weighted by molar-refractivity contribution is 9.10. The number of fused-ring (bicyclic) bond motifs is 1. The van der Waals surface area contributed by atoms with Crippen molar-refractivity contribution in [2.24, 2.45) is 0 Å². The van der Waals surface area contributed by atoms with E-state index in [1.165, 1.54) is 11.3 Å². The van der Waals surface area contributed by atoms with E-state index in [1.54, 1.807) is 6.07 Å². The number of carbonyl (C=O) groups is 1. The molecule has 0 atom stereocenters. The zero-order valence-electron chi connectivity index (χ0n) is 9.69. The van der Waals surface area contributed by atoms with Crippen LogP contribution in [0.4, 0.5) is 0 Å². The van der Waals surface area contributed by atoms with E-state index in [0.717, 1.165) is 14.6 Å². The lowest BCUT2D eigenvalue weighted by Gasteiger charge is -2.03. The van der Waals surface area contributed by atoms with Crippen LogP contribution in [0.15, 0.2) is 53.0 Å². The van der Waals surface area contributed by atoms with Crippen molar-refractivity contribution in [3.05, 3.63) is 68.5 Å². The van der Waals surface area contributed by atoms with Crippen molar-refractivity contribution in [2.45, 2.75) is 0 Å². The monoisotopic (exact) mass is 350 g/mol. The Morgan fingerprint density at radius 3 is 2.63 bits per heavy atom. The van der Waals surface area contributed by atoms with Gasteiger partial charge in [0.1, 0.15) is 0 Å². The van der Waals surface area contributed by atoms with Crippen LogP contribution in [0, 0.1) is 0 Å². The molecule has 2 aromatic carbocycles. The van der Waals surface area contributed by atoms with Crippen molar-refractivity contribution in [3.8, 4) is 0 Å². The molecule has 0 spiro atoms. The summed E-state index contributed by atoms with van der Waals surface area (Å²) < 4.78 is 1.83. The van der Waals surface area contributed by atoms with Crippen molar-refractivity contribution in [1.82, 2.24) is 0 Å². The third-order valence-electron chi connectivity index (χ3n) is 2.84. The van der Waals surface area contributed by atoms with Crippen molar-refractivity contribution >= 4 is 54.7 Å². The second-order valence-corrected chi connectivity index (χ2v) is 6.42. The summed E-state index contributed by atoms with van der Waals surface area (Å²) in [5.74, 6) is -0.0429. The van der Waals surface area contributed by atoms with Crippen molar-refractivity contribution < 1.29 is 4.79 Å². The predicted octanol–water partition coefficient (Wildman–Crippen LogP) is 5.55. The van der Waals surface area contributed by atoms with Crippen LogP contribution in [-0.2, 0) is 0 Å². The average molecular weight is 352 g/mol. The highest BCUT2D eigenvalue weighted by atomic mass is 79.9. The number of benzene rings is 2. The normalized spacial score (nSPS) is 10.8. The molecule has 0 aliphatic heterocycles. The Hall–Kier alpha value is -1.16. The van der Waals surface area contributed by atoms with Crippen molar-refractivity contribution in [2.75, 3.05) is 0 Å². The van der Waals surface area contributed by atoms with Gasteiger partial charge in [0.15, 0.2) is 0 Å². The molecule has 1 nitrogen and oxygen atoms in total. The summed E-state index contributed by atoms with van der Waals surface area (Å²) in [6.45, 7) is 0. The largest absolute Gasteiger partial charge is 0.288 e. The molecule has 4 heteroatoms. The summed E-state index contributed by atoms with van der Waals surface area (Å²) >= 11 is 11.0. The lowest BCUT2D eigenvalue weighted by atomic mass is 10.1. The maximum absolute atomic E-state index is 12.6. The molecule has 1 heterocycles. The van der Waals surface area contributed by atoms with Gasteiger partial charge in [-0.15, -0.1) is 11.3 Å². The van der Waals surface area contributed by atoms with E-state index in [9.17, 15) is 4.79 Å². The lowest BCUT2D eigenvalue weighted by molar-refractivity contribution is 0.104. The topological polar surface area (TPSA) is 17.1 Å². The van der Waals surface area contributed by atoms with Gasteiger partial charge in [-0.1, -0.05) is 35.9 Å². The number of halogens is 2. The smallest absolute Gasteiger partial charge is 0.205 e. The maximum atomic E-state index is 12.6. The first-order valence-electron chi connectivity index (χ1n) is 5.64. The molecule has 0 saturated heterocycles. The summed E-state index contributed by atoms with van der Waals surface area (Å²) in [6.07, 6.45) is 0. The van der Waals surface area contributed by atoms with Gasteiger partial charge in [0, 0.05) is 9.17 Å². The molecule has 0 unspecified atom stereocenters. The first-order chi connectivity index (χ1) is 9.16. The first-order valence-corrected chi connectivity index (χ1v) is 7.63. The summed E-state index contributed by atoms with van der Waals surface area (Å²) in [7, 11) is 0. The minimum atomic E-state index is -0.0429. The lowest BCUT2D eigenvalue weighted by Crippen LogP contribution is -2.00. The molecule has 0 amide bonds. The zero-order chi connectivity index (χ0) is 13.4. The number of hydrogen-bond donors (Lipinski definition) is 0. The van der Waals surface area contributed by atoms with Gasteiger partial charge in [-0.2, -0.15) is 0 Å². The van der Waals surface area contributed by atoms with Crippen LogP contribution < -0.4 is 0 Å². The number of rotatable bonds is 2. The summed E-state index contributed by atoms with van der Waals surface area (Å²) in [5.41, 5.74) is 0.524. The van der Waals surface area contributed by atoms with Crippen LogP contribution in [0.2, 0.25) is 5.02 Å². The Kier molecular flexibility index (Phi) is 3.44. The van der Waals surface area contributed by atoms with E-state index < -0.39 is 0 Å². The van der Waals surface area contributed by atoms with Gasteiger partial charge in [-0.25, -0.2) is 0 Å². The molecule has 0 aliphatic rings. The standard InChI is InChI=1S/C15H8BrClOS/c16-10-5-3-6-11(17)14(10)15(18)13-8-9-4-1-2-7-12(9)19-13/h1-8H. The van der Waals surface area contributed by atoms with Gasteiger partial charge in [0.2, 0.25) is 5.78 Å². The third kappa shape index (κ3) is 2.34. The van der Waals surface area contributed by atoms with Gasteiger partial charge < -0.3 is 0 Å². The van der Waals surface area contributed by atoms with Crippen molar-refractivity contribution in [3.63, 3.8) is 0 Å². The van der Waals surface area contributed by atoms with Crippen LogP contribution in [0.25, 0.3) is 10.1 Å². The molecule has 1 aromatic heterocycles. The van der Waals surface area contributed by atoms with Gasteiger partial charge in [0.05, 0.1) is 15.5 Å². The SMILES string of the molecule is O=C(c1cc2ccccc2s1)c1c(Cl)cccc1Br. The highest BCUT2D eigenvalue weighted by Crippen LogP contribution is 2.32. The number of carbonyl (C=O) groups excluding carboxylic acids is 1. The molecule has 3 rings (SSSR count). The van der Waals surface area contributed by atoms with Crippen molar-refractivity contribution in [1.29, 1.82) is 0 Å². The maximum Gasteiger partial charge on any atom is 0.205 e. The van der Waals surface area contributed by atoms with E-state index in [2.05, 4.69) is 15.9 Å². The Morgan fingerprint density at radius 2 is 1.89 bits per heavy atom. The van der Waals surface area contributed by atoms with Crippen LogP contribution in [0.3, 0.4) is 0 Å². The molecule has 0 radical (unpaired) electrons. The molecule has 0 bridgehead atoms. The van der Waals surface area contributed by atoms with E-state index in [-0.39, 0.29) is 5.78 Å². The second kappa shape index (κ2) is 5.08. The third-order valence-corrected chi connectivity index (χ3v) is 4.93. The van der Waals surface area contributed by atoms with E-state index in [4.69, 9.17) is 11.6 Å². The first kappa shape index (κ1) is 12.9. The van der Waals surface area contributed by atoms with E-state index >= 15 is 0 Å². The highest BCUT2D eigenvalue weighted by Gasteiger charge is 2.18. The number of thiophene rings is 1. The van der Waals surface area contributed by atoms with Gasteiger partial charge >= 0.3 is 0 Å². The molecule has 0 N–H and O–H groups in total. The molecule has 0 fully saturated rings. The minimum absolute atomic E-state index is 0.0429. The number of ketones is 1. The average Bonchev–Trinajstić information content (AvgIpc) is 2.82. The van der Waals surface area contributed by atoms with Gasteiger partial charge in [-0.3, -0.25) is 4.79 Å². The molecular formula is C15H8BrClOS. The molecule has 0 saturated carbocycles. The minimum Gasteiger partial charge on any atom is -0.288 e. The fourth-order valence-electron chi connectivity index (χ4n) is 1.93. The van der Waals surface area contributed by atoms with E-state index in [0.29, 0.717) is 15.5 Å². The fourth-order valence-corrected chi connectivity index (χ4v) is 3.86. The van der Waals surface area contributed by atoms with Crippen LogP contribution in [-0.4, -0.2) is 5.78 Å². The fraction of sp³-hybridized carbons (Fsp3) is 0. The molecule has 0 aliphatic carbocycles. The molecule has 3 aromatic rings. The summed E-state index contributed by atoms with van der Waals surface area (Å²) in [4.78, 5) is 13.3. The van der Waals surface area contributed by atoms with Crippen LogP contribution in [0.1, 0.15) is 15.2 Å². The summed E-state index contributed by atoms with van der Waals surface area (Å²) in [5, 5.41) is 1.55. The van der Waals surface area contributed by atoms with Crippen LogP contribution in [0.5, 0.6) is 0 Å². The predicted molar refractivity (Wildman–Crippen MR) is 84.4 cm³/mol. The molecular weight excluding hydrogens is 344 g/mol. The van der Waals surface area contributed by atoms with E-state index in [1.807, 2.05) is 42.5 Å².